The van der Waals surface area contributed by atoms with Crippen LogP contribution < -0.4 is 0 Å². The van der Waals surface area contributed by atoms with Gasteiger partial charge in [-0.25, -0.2) is 8.42 Å². The van der Waals surface area contributed by atoms with E-state index in [1.807, 2.05) is 0 Å². The molecule has 116 valence electrons. The normalized spacial score (nSPS) is 12.2. The lowest BCUT2D eigenvalue weighted by atomic mass is 10.4. The number of aromatic nitrogens is 2. The van der Waals surface area contributed by atoms with Crippen molar-refractivity contribution in [1.82, 2.24) is 14.5 Å². The Kier molecular flexibility index (Phi) is 7.46. The Balaban J connectivity index is 2.91. The maximum Gasteiger partial charge on any atom is 0.260 e. The van der Waals surface area contributed by atoms with Gasteiger partial charge in [0.15, 0.2) is 5.03 Å². The van der Waals surface area contributed by atoms with Crippen LogP contribution in [0.1, 0.15) is 12.0 Å². The zero-order chi connectivity index (χ0) is 15.0. The molecule has 7 nitrogen and oxygen atoms in total. The van der Waals surface area contributed by atoms with Crippen LogP contribution in [0.5, 0.6) is 0 Å². The Morgan fingerprint density at radius 2 is 2.00 bits per heavy atom. The minimum atomic E-state index is -3.66. The molecule has 0 aliphatic heterocycles. The topological polar surface area (TPSA) is 84.5 Å². The Bertz CT molecular complexity index is 492. The van der Waals surface area contributed by atoms with Crippen molar-refractivity contribution in [2.24, 2.45) is 0 Å². The number of rotatable bonds is 10. The van der Waals surface area contributed by atoms with E-state index in [1.54, 1.807) is 7.11 Å². The van der Waals surface area contributed by atoms with Gasteiger partial charge in [0.25, 0.3) is 10.0 Å². The first-order chi connectivity index (χ1) is 9.57. The highest BCUT2D eigenvalue weighted by Crippen LogP contribution is 2.19. The molecule has 1 N–H and O–H groups in total. The minimum absolute atomic E-state index is 0.0426. The number of nitrogens with one attached hydrogen (secondary N) is 1. The van der Waals surface area contributed by atoms with E-state index < -0.39 is 10.0 Å². The van der Waals surface area contributed by atoms with E-state index >= 15 is 0 Å². The Hall–Kier alpha value is -0.670. The number of halogens is 1. The van der Waals surface area contributed by atoms with E-state index in [9.17, 15) is 8.42 Å². The van der Waals surface area contributed by atoms with Crippen molar-refractivity contribution in [2.75, 3.05) is 40.5 Å². The van der Waals surface area contributed by atoms with Gasteiger partial charge in [0.2, 0.25) is 0 Å². The molecule has 1 aromatic heterocycles. The third-order valence-electron chi connectivity index (χ3n) is 2.72. The molecule has 20 heavy (non-hydrogen) atoms. The number of sulfonamides is 1. The number of nitrogens with zero attached hydrogens (tertiary/aromatic N) is 2. The number of hydrogen-bond acceptors (Lipinski definition) is 5. The first kappa shape index (κ1) is 17.4. The smallest absolute Gasteiger partial charge is 0.260 e. The van der Waals surface area contributed by atoms with E-state index in [1.165, 1.54) is 17.6 Å². The molecule has 0 saturated heterocycles. The van der Waals surface area contributed by atoms with Gasteiger partial charge in [0.05, 0.1) is 18.7 Å². The van der Waals surface area contributed by atoms with Gasteiger partial charge in [-0.2, -0.15) is 9.40 Å². The van der Waals surface area contributed by atoms with Gasteiger partial charge in [-0.15, -0.1) is 11.6 Å². The van der Waals surface area contributed by atoms with Crippen LogP contribution in [-0.4, -0.2) is 63.4 Å². The summed E-state index contributed by atoms with van der Waals surface area (Å²) in [4.78, 5) is 0. The molecule has 0 aliphatic carbocycles. The second kappa shape index (κ2) is 8.58. The van der Waals surface area contributed by atoms with Crippen molar-refractivity contribution in [2.45, 2.75) is 17.3 Å². The van der Waals surface area contributed by atoms with Crippen LogP contribution in [0.4, 0.5) is 0 Å². The van der Waals surface area contributed by atoms with E-state index in [-0.39, 0.29) is 17.5 Å². The predicted molar refractivity (Wildman–Crippen MR) is 75.3 cm³/mol. The summed E-state index contributed by atoms with van der Waals surface area (Å²) < 4.78 is 36.4. The molecule has 0 fully saturated rings. The molecule has 1 aromatic rings. The highest BCUT2D eigenvalue weighted by atomic mass is 35.5. The quantitative estimate of drug-likeness (QED) is 0.508. The molecular weight excluding hydrogens is 306 g/mol. The molecule has 0 saturated carbocycles. The zero-order valence-electron chi connectivity index (χ0n) is 11.6. The molecule has 1 heterocycles. The highest BCUT2D eigenvalue weighted by Gasteiger charge is 2.27. The average Bonchev–Trinajstić information content (AvgIpc) is 2.91. The van der Waals surface area contributed by atoms with Crippen molar-refractivity contribution >= 4 is 21.6 Å². The molecule has 0 atom stereocenters. The summed E-state index contributed by atoms with van der Waals surface area (Å²) in [7, 11) is -0.552. The lowest BCUT2D eigenvalue weighted by Gasteiger charge is -2.21. The van der Waals surface area contributed by atoms with Crippen LogP contribution in [0.2, 0.25) is 0 Å². The lowest BCUT2D eigenvalue weighted by molar-refractivity contribution is 0.164. The third-order valence-corrected chi connectivity index (χ3v) is 4.92. The molecule has 0 aliphatic rings. The van der Waals surface area contributed by atoms with Crippen molar-refractivity contribution in [1.29, 1.82) is 0 Å². The molecule has 1 rings (SSSR count). The molecule has 9 heteroatoms. The Morgan fingerprint density at radius 1 is 1.30 bits per heavy atom. The second-order valence-electron chi connectivity index (χ2n) is 4.10. The average molecular weight is 326 g/mol. The Morgan fingerprint density at radius 3 is 2.60 bits per heavy atom. The predicted octanol–water partition coefficient (Wildman–Crippen LogP) is 0.822. The second-order valence-corrected chi connectivity index (χ2v) is 6.24. The number of hydrogen-bond donors (Lipinski definition) is 1. The van der Waals surface area contributed by atoms with Crippen LogP contribution in [0.25, 0.3) is 0 Å². The molecule has 0 radical (unpaired) electrons. The van der Waals surface area contributed by atoms with Gasteiger partial charge in [-0.1, -0.05) is 0 Å². The molecule has 0 amide bonds. The molecular formula is C11H20ClN3O4S. The summed E-state index contributed by atoms with van der Waals surface area (Å²) in [6, 6.07) is 0. The summed E-state index contributed by atoms with van der Waals surface area (Å²) in [5.74, 6) is 0.0846. The van der Waals surface area contributed by atoms with Gasteiger partial charge in [0.1, 0.15) is 0 Å². The fourth-order valence-electron chi connectivity index (χ4n) is 1.68. The molecule has 0 unspecified atom stereocenters. The maximum absolute atomic E-state index is 12.6. The van der Waals surface area contributed by atoms with E-state index in [0.717, 1.165) is 0 Å². The SMILES string of the molecule is COCCCN(CCOC)S(=O)(=O)c1[nH]ncc1CCl. The van der Waals surface area contributed by atoms with Gasteiger partial charge >= 0.3 is 0 Å². The number of ether oxygens (including phenoxy) is 2. The van der Waals surface area contributed by atoms with Crippen LogP contribution in [0.15, 0.2) is 11.2 Å². The third kappa shape index (κ3) is 4.42. The number of H-pyrrole nitrogens is 1. The Labute approximate surface area is 124 Å². The van der Waals surface area contributed by atoms with Gasteiger partial charge in [-0.05, 0) is 6.42 Å². The van der Waals surface area contributed by atoms with E-state index in [4.69, 9.17) is 21.1 Å². The van der Waals surface area contributed by atoms with Crippen molar-refractivity contribution < 1.29 is 17.9 Å². The zero-order valence-corrected chi connectivity index (χ0v) is 13.2. The van der Waals surface area contributed by atoms with Gasteiger partial charge in [0, 0.05) is 39.5 Å². The van der Waals surface area contributed by atoms with Crippen LogP contribution in [-0.2, 0) is 25.4 Å². The first-order valence-electron chi connectivity index (χ1n) is 6.14. The van der Waals surface area contributed by atoms with Crippen molar-refractivity contribution in [3.63, 3.8) is 0 Å². The summed E-state index contributed by atoms with van der Waals surface area (Å²) in [5, 5.41) is 6.30. The fourth-order valence-corrected chi connectivity index (χ4v) is 3.53. The summed E-state index contributed by atoms with van der Waals surface area (Å²) >= 11 is 5.73. The number of aromatic amines is 1. The number of methoxy groups -OCH3 is 2. The summed E-state index contributed by atoms with van der Waals surface area (Å²) in [5.41, 5.74) is 0.459. The number of alkyl halides is 1. The van der Waals surface area contributed by atoms with Crippen LogP contribution in [0, 0.1) is 0 Å². The van der Waals surface area contributed by atoms with Crippen molar-refractivity contribution in [3.8, 4) is 0 Å². The van der Waals surface area contributed by atoms with E-state index in [2.05, 4.69) is 10.2 Å². The van der Waals surface area contributed by atoms with Gasteiger partial charge < -0.3 is 9.47 Å². The summed E-state index contributed by atoms with van der Waals surface area (Å²) in [6.45, 7) is 1.42. The molecule has 0 spiro atoms. The van der Waals surface area contributed by atoms with Crippen molar-refractivity contribution in [3.05, 3.63) is 11.8 Å². The first-order valence-corrected chi connectivity index (χ1v) is 8.11. The fraction of sp³-hybridized carbons (Fsp3) is 0.727. The minimum Gasteiger partial charge on any atom is -0.385 e. The van der Waals surface area contributed by atoms with Crippen LogP contribution in [0.3, 0.4) is 0 Å². The van der Waals surface area contributed by atoms with Gasteiger partial charge in [-0.3, -0.25) is 5.10 Å². The van der Waals surface area contributed by atoms with E-state index in [0.29, 0.717) is 31.7 Å². The monoisotopic (exact) mass is 325 g/mol. The molecule has 0 bridgehead atoms. The van der Waals surface area contributed by atoms with Crippen LogP contribution >= 0.6 is 11.6 Å². The largest absolute Gasteiger partial charge is 0.385 e. The maximum atomic E-state index is 12.6. The lowest BCUT2D eigenvalue weighted by Crippen LogP contribution is -2.36. The standard InChI is InChI=1S/C11H20ClN3O4S/c1-18-6-3-4-15(5-7-19-2)20(16,17)11-10(8-12)9-13-14-11/h9H,3-8H2,1-2H3,(H,13,14). The molecule has 0 aromatic carbocycles. The summed E-state index contributed by atoms with van der Waals surface area (Å²) in [6.07, 6.45) is 2.02. The highest BCUT2D eigenvalue weighted by molar-refractivity contribution is 7.89.